The van der Waals surface area contributed by atoms with Gasteiger partial charge in [-0.05, 0) is 29.7 Å². The van der Waals surface area contributed by atoms with Gasteiger partial charge in [0.05, 0.1) is 21.6 Å². The fourth-order valence-corrected chi connectivity index (χ4v) is 3.37. The quantitative estimate of drug-likeness (QED) is 0.570. The first kappa shape index (κ1) is 13.2. The van der Waals surface area contributed by atoms with Gasteiger partial charge in [0.2, 0.25) is 12.3 Å². The lowest BCUT2D eigenvalue weighted by Crippen LogP contribution is -2.05. The molecular weight excluding hydrogens is 294 g/mol. The predicted octanol–water partition coefficient (Wildman–Crippen LogP) is 4.05. The van der Waals surface area contributed by atoms with Gasteiger partial charge in [-0.3, -0.25) is 0 Å². The highest BCUT2D eigenvalue weighted by Gasteiger charge is 2.20. The van der Waals surface area contributed by atoms with Crippen LogP contribution in [0.5, 0.6) is 0 Å². The number of hydrogen-bond acceptors (Lipinski definition) is 5. The first-order chi connectivity index (χ1) is 10.9. The predicted molar refractivity (Wildman–Crippen MR) is 85.9 cm³/mol. The Morgan fingerprint density at radius 2 is 2.00 bits per heavy atom. The van der Waals surface area contributed by atoms with Crippen molar-refractivity contribution in [3.8, 4) is 0 Å². The summed E-state index contributed by atoms with van der Waals surface area (Å²) in [4.78, 5) is 4.32. The molecule has 0 N–H and O–H groups in total. The van der Waals surface area contributed by atoms with E-state index < -0.39 is 0 Å². The van der Waals surface area contributed by atoms with E-state index in [0.717, 1.165) is 11.9 Å². The summed E-state index contributed by atoms with van der Waals surface area (Å²) in [5.74, 6) is 0.713. The van der Waals surface area contributed by atoms with Crippen LogP contribution in [0, 0.1) is 0 Å². The average molecular weight is 307 g/mol. The Hall–Kier alpha value is -2.53. The second-order valence-corrected chi connectivity index (χ2v) is 5.99. The van der Waals surface area contributed by atoms with Crippen molar-refractivity contribution in [3.63, 3.8) is 0 Å². The molecule has 5 heteroatoms. The van der Waals surface area contributed by atoms with Crippen LogP contribution in [0.4, 0.5) is 0 Å². The van der Waals surface area contributed by atoms with Crippen LogP contribution in [0.25, 0.3) is 10.2 Å². The number of rotatable bonds is 4. The van der Waals surface area contributed by atoms with E-state index in [-0.39, 0.29) is 5.92 Å². The molecule has 0 saturated heterocycles. The number of aromatic nitrogens is 3. The highest BCUT2D eigenvalue weighted by molar-refractivity contribution is 7.16. The van der Waals surface area contributed by atoms with Crippen LogP contribution in [0.2, 0.25) is 0 Å². The van der Waals surface area contributed by atoms with Gasteiger partial charge in [-0.25, -0.2) is 4.98 Å². The van der Waals surface area contributed by atoms with E-state index in [4.69, 9.17) is 4.42 Å². The summed E-state index contributed by atoms with van der Waals surface area (Å²) in [7, 11) is 0. The van der Waals surface area contributed by atoms with Gasteiger partial charge in [0.25, 0.3) is 0 Å². The summed E-state index contributed by atoms with van der Waals surface area (Å²) in [6.07, 6.45) is 2.21. The number of benzene rings is 2. The SMILES string of the molecule is c1ccc(C(Cc2ccc3ncsc3c2)c2nnco2)cc1. The van der Waals surface area contributed by atoms with Crippen molar-refractivity contribution in [1.82, 2.24) is 15.2 Å². The molecule has 22 heavy (non-hydrogen) atoms. The molecule has 4 nitrogen and oxygen atoms in total. The molecule has 0 spiro atoms. The van der Waals surface area contributed by atoms with Crippen molar-refractivity contribution in [3.05, 3.63) is 77.5 Å². The van der Waals surface area contributed by atoms with Crippen LogP contribution >= 0.6 is 11.3 Å². The third-order valence-corrected chi connectivity index (χ3v) is 4.50. The minimum Gasteiger partial charge on any atom is -0.427 e. The fraction of sp³-hybridized carbons (Fsp3) is 0.118. The zero-order chi connectivity index (χ0) is 14.8. The topological polar surface area (TPSA) is 51.8 Å². The highest BCUT2D eigenvalue weighted by Crippen LogP contribution is 2.28. The lowest BCUT2D eigenvalue weighted by molar-refractivity contribution is 0.467. The first-order valence-electron chi connectivity index (χ1n) is 7.03. The van der Waals surface area contributed by atoms with Crippen molar-refractivity contribution in [2.75, 3.05) is 0 Å². The van der Waals surface area contributed by atoms with Gasteiger partial charge in [0.15, 0.2) is 0 Å². The molecule has 0 radical (unpaired) electrons. The van der Waals surface area contributed by atoms with Crippen molar-refractivity contribution >= 4 is 21.6 Å². The molecule has 0 aliphatic heterocycles. The number of fused-ring (bicyclic) bond motifs is 1. The van der Waals surface area contributed by atoms with E-state index in [2.05, 4.69) is 45.5 Å². The summed E-state index contributed by atoms with van der Waals surface area (Å²) in [6, 6.07) is 16.7. The molecule has 4 aromatic rings. The Balaban J connectivity index is 1.72. The van der Waals surface area contributed by atoms with Crippen LogP contribution in [0.15, 0.2) is 64.9 Å². The van der Waals surface area contributed by atoms with Gasteiger partial charge >= 0.3 is 0 Å². The Morgan fingerprint density at radius 3 is 2.82 bits per heavy atom. The molecule has 1 atom stereocenters. The molecule has 0 aliphatic carbocycles. The Kier molecular flexibility index (Phi) is 3.40. The van der Waals surface area contributed by atoms with Crippen molar-refractivity contribution in [2.45, 2.75) is 12.3 Å². The Bertz CT molecular complexity index is 871. The summed E-state index contributed by atoms with van der Waals surface area (Å²) < 4.78 is 6.67. The van der Waals surface area contributed by atoms with Crippen molar-refractivity contribution in [1.29, 1.82) is 0 Å². The summed E-state index contributed by atoms with van der Waals surface area (Å²) in [6.45, 7) is 0. The summed E-state index contributed by atoms with van der Waals surface area (Å²) in [5, 5.41) is 7.94. The number of hydrogen-bond donors (Lipinski definition) is 0. The maximum absolute atomic E-state index is 5.46. The standard InChI is InChI=1S/C17H13N3OS/c1-2-4-13(5-3-1)14(17-20-19-10-21-17)8-12-6-7-15-16(9-12)22-11-18-15/h1-7,9-11,14H,8H2. The normalized spacial score (nSPS) is 12.5. The third kappa shape index (κ3) is 2.51. The molecule has 2 aromatic heterocycles. The zero-order valence-corrected chi connectivity index (χ0v) is 12.5. The lowest BCUT2D eigenvalue weighted by Gasteiger charge is -2.13. The maximum Gasteiger partial charge on any atom is 0.224 e. The molecule has 1 unspecified atom stereocenters. The third-order valence-electron chi connectivity index (χ3n) is 3.71. The van der Waals surface area contributed by atoms with Crippen LogP contribution in [-0.4, -0.2) is 15.2 Å². The van der Waals surface area contributed by atoms with Gasteiger partial charge in [-0.2, -0.15) is 0 Å². The molecule has 0 saturated carbocycles. The lowest BCUT2D eigenvalue weighted by atomic mass is 9.92. The van der Waals surface area contributed by atoms with Gasteiger partial charge in [0, 0.05) is 0 Å². The van der Waals surface area contributed by atoms with Crippen molar-refractivity contribution in [2.24, 2.45) is 0 Å². The van der Waals surface area contributed by atoms with Gasteiger partial charge in [-0.15, -0.1) is 21.5 Å². The van der Waals surface area contributed by atoms with Crippen LogP contribution < -0.4 is 0 Å². The van der Waals surface area contributed by atoms with Crippen molar-refractivity contribution < 1.29 is 4.42 Å². The van der Waals surface area contributed by atoms with E-state index in [9.17, 15) is 0 Å². The van der Waals surface area contributed by atoms with E-state index in [1.54, 1.807) is 11.3 Å². The van der Waals surface area contributed by atoms with E-state index in [1.165, 1.54) is 22.2 Å². The Morgan fingerprint density at radius 1 is 1.09 bits per heavy atom. The van der Waals surface area contributed by atoms with Gasteiger partial charge < -0.3 is 4.42 Å². The second-order valence-electron chi connectivity index (χ2n) is 5.10. The molecule has 2 aromatic carbocycles. The average Bonchev–Trinajstić information content (AvgIpc) is 3.24. The van der Waals surface area contributed by atoms with Crippen LogP contribution in [0.1, 0.15) is 22.9 Å². The van der Waals surface area contributed by atoms with Gasteiger partial charge in [0.1, 0.15) is 0 Å². The molecular formula is C17H13N3OS. The monoisotopic (exact) mass is 307 g/mol. The van der Waals surface area contributed by atoms with Gasteiger partial charge in [-0.1, -0.05) is 36.4 Å². The largest absolute Gasteiger partial charge is 0.427 e. The molecule has 108 valence electrons. The molecule has 0 bridgehead atoms. The molecule has 0 fully saturated rings. The highest BCUT2D eigenvalue weighted by atomic mass is 32.1. The number of thiazole rings is 1. The molecule has 2 heterocycles. The Labute approximate surface area is 131 Å². The molecule has 4 rings (SSSR count). The minimum atomic E-state index is 0.0640. The summed E-state index contributed by atoms with van der Waals surface area (Å²) in [5.41, 5.74) is 5.34. The minimum absolute atomic E-state index is 0.0640. The smallest absolute Gasteiger partial charge is 0.224 e. The van der Waals surface area contributed by atoms with Crippen LogP contribution in [-0.2, 0) is 6.42 Å². The summed E-state index contributed by atoms with van der Waals surface area (Å²) >= 11 is 1.66. The fourth-order valence-electron chi connectivity index (χ4n) is 2.63. The number of nitrogens with zero attached hydrogens (tertiary/aromatic N) is 3. The zero-order valence-electron chi connectivity index (χ0n) is 11.7. The first-order valence-corrected chi connectivity index (χ1v) is 7.91. The second kappa shape index (κ2) is 5.69. The van der Waals surface area contributed by atoms with Crippen LogP contribution in [0.3, 0.4) is 0 Å². The molecule has 0 amide bonds. The van der Waals surface area contributed by atoms with E-state index >= 15 is 0 Å². The van der Waals surface area contributed by atoms with E-state index in [0.29, 0.717) is 5.89 Å². The maximum atomic E-state index is 5.46. The van der Waals surface area contributed by atoms with E-state index in [1.807, 2.05) is 23.7 Å². The molecule has 0 aliphatic rings.